The Balaban J connectivity index is 2.15. The molecular weight excluding hydrogens is 288 g/mol. The Labute approximate surface area is 127 Å². The van der Waals surface area contributed by atoms with Gasteiger partial charge in [0.1, 0.15) is 0 Å². The summed E-state index contributed by atoms with van der Waals surface area (Å²) >= 11 is 0. The van der Waals surface area contributed by atoms with Gasteiger partial charge < -0.3 is 14.6 Å². The fraction of sp³-hybridized carbons (Fsp3) is 0.562. The Kier molecular flexibility index (Phi) is 3.25. The van der Waals surface area contributed by atoms with Crippen molar-refractivity contribution in [3.05, 3.63) is 23.3 Å². The highest BCUT2D eigenvalue weighted by Crippen LogP contribution is 2.65. The van der Waals surface area contributed by atoms with E-state index >= 15 is 0 Å². The number of aliphatic hydroxyl groups excluding tert-OH is 1. The minimum absolute atomic E-state index is 0.126. The van der Waals surface area contributed by atoms with Gasteiger partial charge in [0.05, 0.1) is 23.9 Å². The van der Waals surface area contributed by atoms with E-state index in [2.05, 4.69) is 0 Å². The lowest BCUT2D eigenvalue weighted by Gasteiger charge is -2.34. The molecule has 1 heterocycles. The SMILES string of the molecule is CCOC(=O)[C@@H](O)[C@]12C=C[C@@H](C1=C(C)C)[C@@H]1C(=O)OC(=O)[C@H]12. The van der Waals surface area contributed by atoms with Crippen LogP contribution in [0.3, 0.4) is 0 Å². The van der Waals surface area contributed by atoms with Gasteiger partial charge in [-0.2, -0.15) is 0 Å². The Bertz CT molecular complexity index is 627. The minimum Gasteiger partial charge on any atom is -0.464 e. The molecule has 3 aliphatic rings. The number of allylic oxidation sites excluding steroid dienone is 2. The summed E-state index contributed by atoms with van der Waals surface area (Å²) in [5, 5.41) is 10.6. The van der Waals surface area contributed by atoms with E-state index in [-0.39, 0.29) is 12.5 Å². The monoisotopic (exact) mass is 306 g/mol. The first-order valence-corrected chi connectivity index (χ1v) is 7.33. The van der Waals surface area contributed by atoms with Crippen LogP contribution in [0.5, 0.6) is 0 Å². The third-order valence-corrected chi connectivity index (χ3v) is 4.87. The second kappa shape index (κ2) is 4.78. The molecule has 0 unspecified atom stereocenters. The zero-order chi connectivity index (χ0) is 16.2. The summed E-state index contributed by atoms with van der Waals surface area (Å²) < 4.78 is 9.67. The lowest BCUT2D eigenvalue weighted by Crippen LogP contribution is -2.46. The number of carbonyl (C=O) groups is 3. The van der Waals surface area contributed by atoms with E-state index in [4.69, 9.17) is 9.47 Å². The predicted octanol–water partition coefficient (Wildman–Crippen LogP) is 0.749. The molecule has 5 atom stereocenters. The summed E-state index contributed by atoms with van der Waals surface area (Å²) in [5.74, 6) is -3.88. The number of carbonyl (C=O) groups excluding carboxylic acids is 3. The maximum atomic E-state index is 12.2. The van der Waals surface area contributed by atoms with Crippen molar-refractivity contribution in [1.29, 1.82) is 0 Å². The summed E-state index contributed by atoms with van der Waals surface area (Å²) in [4.78, 5) is 36.2. The highest BCUT2D eigenvalue weighted by Gasteiger charge is 2.71. The standard InChI is InChI=1S/C16H18O6/c1-4-21-15(20)12(17)16-6-5-8(10(16)7(2)3)9-11(16)14(19)22-13(9)18/h5-6,8-9,11-12,17H,4H2,1-3H3/t8-,9+,11+,12-,16-/m1/s1. The molecule has 0 aromatic rings. The van der Waals surface area contributed by atoms with Gasteiger partial charge in [-0.05, 0) is 26.3 Å². The quantitative estimate of drug-likeness (QED) is 0.470. The molecule has 3 rings (SSSR count). The van der Waals surface area contributed by atoms with E-state index in [1.54, 1.807) is 19.1 Å². The number of aliphatic hydroxyl groups is 1. The first kappa shape index (κ1) is 15.0. The molecule has 2 aliphatic carbocycles. The van der Waals surface area contributed by atoms with Gasteiger partial charge in [0, 0.05) is 5.92 Å². The number of ether oxygens (including phenoxy) is 2. The normalized spacial score (nSPS) is 36.4. The number of rotatable bonds is 3. The van der Waals surface area contributed by atoms with Crippen LogP contribution < -0.4 is 0 Å². The molecule has 118 valence electrons. The van der Waals surface area contributed by atoms with Crippen molar-refractivity contribution in [2.45, 2.75) is 26.9 Å². The van der Waals surface area contributed by atoms with Crippen LogP contribution in [0.2, 0.25) is 0 Å². The second-order valence-corrected chi connectivity index (χ2v) is 6.13. The van der Waals surface area contributed by atoms with E-state index in [0.29, 0.717) is 0 Å². The summed E-state index contributed by atoms with van der Waals surface area (Å²) in [5.41, 5.74) is 0.408. The highest BCUT2D eigenvalue weighted by atomic mass is 16.6. The van der Waals surface area contributed by atoms with Crippen LogP contribution in [0.15, 0.2) is 23.3 Å². The molecule has 2 bridgehead atoms. The van der Waals surface area contributed by atoms with Crippen molar-refractivity contribution in [2.24, 2.45) is 23.2 Å². The van der Waals surface area contributed by atoms with Crippen LogP contribution in [0.4, 0.5) is 0 Å². The maximum absolute atomic E-state index is 12.2. The second-order valence-electron chi connectivity index (χ2n) is 6.13. The number of hydrogen-bond donors (Lipinski definition) is 1. The lowest BCUT2D eigenvalue weighted by atomic mass is 9.69. The highest BCUT2D eigenvalue weighted by molar-refractivity contribution is 6.01. The van der Waals surface area contributed by atoms with Gasteiger partial charge in [-0.25, -0.2) is 4.79 Å². The van der Waals surface area contributed by atoms with E-state index < -0.39 is 41.3 Å². The van der Waals surface area contributed by atoms with E-state index in [1.807, 2.05) is 13.8 Å². The molecule has 0 spiro atoms. The van der Waals surface area contributed by atoms with Gasteiger partial charge in [-0.3, -0.25) is 9.59 Å². The van der Waals surface area contributed by atoms with Crippen LogP contribution in [-0.4, -0.2) is 35.7 Å². The van der Waals surface area contributed by atoms with Crippen LogP contribution in [0.1, 0.15) is 20.8 Å². The molecule has 2 fully saturated rings. The van der Waals surface area contributed by atoms with Crippen LogP contribution in [0.25, 0.3) is 0 Å². The van der Waals surface area contributed by atoms with Gasteiger partial charge in [0.25, 0.3) is 0 Å². The number of hydrogen-bond acceptors (Lipinski definition) is 6. The van der Waals surface area contributed by atoms with Crippen molar-refractivity contribution in [2.75, 3.05) is 6.61 Å². The number of fused-ring (bicyclic) bond motifs is 5. The van der Waals surface area contributed by atoms with Gasteiger partial charge in [-0.15, -0.1) is 0 Å². The topological polar surface area (TPSA) is 89.9 Å². The summed E-state index contributed by atoms with van der Waals surface area (Å²) in [7, 11) is 0. The van der Waals surface area contributed by atoms with E-state index in [1.165, 1.54) is 0 Å². The molecule has 0 aromatic heterocycles. The van der Waals surface area contributed by atoms with Crippen molar-refractivity contribution in [1.82, 2.24) is 0 Å². The third-order valence-electron chi connectivity index (χ3n) is 4.87. The van der Waals surface area contributed by atoms with Crippen LogP contribution >= 0.6 is 0 Å². The fourth-order valence-corrected chi connectivity index (χ4v) is 4.26. The van der Waals surface area contributed by atoms with Crippen molar-refractivity contribution in [3.63, 3.8) is 0 Å². The van der Waals surface area contributed by atoms with Crippen LogP contribution in [-0.2, 0) is 23.9 Å². The largest absolute Gasteiger partial charge is 0.464 e. The van der Waals surface area contributed by atoms with E-state index in [9.17, 15) is 19.5 Å². The van der Waals surface area contributed by atoms with Gasteiger partial charge in [-0.1, -0.05) is 17.7 Å². The number of cyclic esters (lactones) is 2. The Morgan fingerprint density at radius 3 is 2.68 bits per heavy atom. The molecular formula is C16H18O6. The van der Waals surface area contributed by atoms with Gasteiger partial charge >= 0.3 is 17.9 Å². The summed E-state index contributed by atoms with van der Waals surface area (Å²) in [6.07, 6.45) is 1.92. The molecule has 6 heteroatoms. The van der Waals surface area contributed by atoms with Gasteiger partial charge in [0.2, 0.25) is 0 Å². The average molecular weight is 306 g/mol. The predicted molar refractivity (Wildman–Crippen MR) is 74.2 cm³/mol. The van der Waals surface area contributed by atoms with Crippen molar-refractivity contribution in [3.8, 4) is 0 Å². The zero-order valence-electron chi connectivity index (χ0n) is 12.7. The molecule has 0 aromatic carbocycles. The first-order valence-electron chi connectivity index (χ1n) is 7.33. The molecule has 1 saturated heterocycles. The third kappa shape index (κ3) is 1.61. The van der Waals surface area contributed by atoms with E-state index in [0.717, 1.165) is 11.1 Å². The Morgan fingerprint density at radius 2 is 2.09 bits per heavy atom. The van der Waals surface area contributed by atoms with Gasteiger partial charge in [0.15, 0.2) is 6.10 Å². The molecule has 0 radical (unpaired) electrons. The maximum Gasteiger partial charge on any atom is 0.336 e. The molecule has 1 aliphatic heterocycles. The van der Waals surface area contributed by atoms with Crippen molar-refractivity contribution < 1.29 is 29.0 Å². The molecule has 0 amide bonds. The molecule has 22 heavy (non-hydrogen) atoms. The molecule has 1 saturated carbocycles. The molecule has 1 N–H and O–H groups in total. The first-order chi connectivity index (χ1) is 10.4. The Hall–Kier alpha value is -1.95. The smallest absolute Gasteiger partial charge is 0.336 e. The Morgan fingerprint density at radius 1 is 1.41 bits per heavy atom. The average Bonchev–Trinajstić information content (AvgIpc) is 3.07. The lowest BCUT2D eigenvalue weighted by molar-refractivity contribution is -0.161. The minimum atomic E-state index is -1.54. The van der Waals surface area contributed by atoms with Crippen molar-refractivity contribution >= 4 is 17.9 Å². The zero-order valence-corrected chi connectivity index (χ0v) is 12.7. The number of esters is 3. The summed E-state index contributed by atoms with van der Waals surface area (Å²) in [6, 6.07) is 0. The summed E-state index contributed by atoms with van der Waals surface area (Å²) in [6.45, 7) is 5.46. The van der Waals surface area contributed by atoms with Crippen LogP contribution in [0, 0.1) is 23.2 Å². The molecule has 6 nitrogen and oxygen atoms in total. The fourth-order valence-electron chi connectivity index (χ4n) is 4.26.